The standard InChI is InChI=1S/C15H10ClIN2O/c1-9-18-14-6-5-11(17)8-13(14)15(20)19(9)12-4-2-3-10(16)7-12/h2-8H,1H3. The summed E-state index contributed by atoms with van der Waals surface area (Å²) in [4.78, 5) is 17.2. The summed E-state index contributed by atoms with van der Waals surface area (Å²) in [6, 6.07) is 12.9. The Morgan fingerprint density at radius 2 is 2.00 bits per heavy atom. The average Bonchev–Trinajstić information content (AvgIpc) is 2.40. The van der Waals surface area contributed by atoms with Gasteiger partial charge in [-0.1, -0.05) is 17.7 Å². The van der Waals surface area contributed by atoms with Gasteiger partial charge in [-0.15, -0.1) is 0 Å². The lowest BCUT2D eigenvalue weighted by molar-refractivity contribution is 0.895. The first-order valence-electron chi connectivity index (χ1n) is 6.01. The van der Waals surface area contributed by atoms with Gasteiger partial charge in [0.25, 0.3) is 5.56 Å². The van der Waals surface area contributed by atoms with Crippen LogP contribution in [0.2, 0.25) is 5.02 Å². The predicted octanol–water partition coefficient (Wildman–Crippen LogP) is 3.95. The summed E-state index contributed by atoms with van der Waals surface area (Å²) in [5.41, 5.74) is 1.37. The minimum absolute atomic E-state index is 0.0757. The van der Waals surface area contributed by atoms with Gasteiger partial charge in [-0.25, -0.2) is 4.98 Å². The van der Waals surface area contributed by atoms with Crippen LogP contribution in [-0.2, 0) is 0 Å². The van der Waals surface area contributed by atoms with Crippen LogP contribution in [0.3, 0.4) is 0 Å². The number of aryl methyl sites for hydroxylation is 1. The molecule has 3 rings (SSSR count). The molecule has 2 aromatic carbocycles. The summed E-state index contributed by atoms with van der Waals surface area (Å²) in [5.74, 6) is 0.644. The van der Waals surface area contributed by atoms with Gasteiger partial charge in [0.05, 0.1) is 16.6 Å². The maximum atomic E-state index is 12.7. The van der Waals surface area contributed by atoms with E-state index in [-0.39, 0.29) is 5.56 Å². The van der Waals surface area contributed by atoms with Crippen molar-refractivity contribution in [1.29, 1.82) is 0 Å². The Bertz CT molecular complexity index is 873. The first-order valence-corrected chi connectivity index (χ1v) is 7.47. The molecule has 1 heterocycles. The fraction of sp³-hybridized carbons (Fsp3) is 0.0667. The van der Waals surface area contributed by atoms with E-state index in [1.165, 1.54) is 0 Å². The topological polar surface area (TPSA) is 34.9 Å². The number of fused-ring (bicyclic) bond motifs is 1. The van der Waals surface area contributed by atoms with Gasteiger partial charge in [-0.3, -0.25) is 9.36 Å². The van der Waals surface area contributed by atoms with E-state index in [1.54, 1.807) is 16.7 Å². The molecule has 0 radical (unpaired) electrons. The molecule has 0 bridgehead atoms. The summed E-state index contributed by atoms with van der Waals surface area (Å²) in [6.07, 6.45) is 0. The molecule has 0 aliphatic heterocycles. The molecule has 0 N–H and O–H groups in total. The molecule has 5 heteroatoms. The van der Waals surface area contributed by atoms with Gasteiger partial charge in [0.2, 0.25) is 0 Å². The number of halogens is 2. The predicted molar refractivity (Wildman–Crippen MR) is 89.8 cm³/mol. The van der Waals surface area contributed by atoms with Crippen LogP contribution in [0.4, 0.5) is 0 Å². The highest BCUT2D eigenvalue weighted by Gasteiger charge is 2.10. The van der Waals surface area contributed by atoms with Crippen LogP contribution in [-0.4, -0.2) is 9.55 Å². The number of nitrogens with zero attached hydrogens (tertiary/aromatic N) is 2. The molecule has 20 heavy (non-hydrogen) atoms. The fourth-order valence-corrected chi connectivity index (χ4v) is 2.86. The second-order valence-corrected chi connectivity index (χ2v) is 6.12. The van der Waals surface area contributed by atoms with E-state index in [0.29, 0.717) is 21.7 Å². The summed E-state index contributed by atoms with van der Waals surface area (Å²) in [7, 11) is 0. The molecular formula is C15H10ClIN2O. The first-order chi connectivity index (χ1) is 9.56. The zero-order chi connectivity index (χ0) is 14.3. The molecule has 0 atom stereocenters. The smallest absolute Gasteiger partial charge is 0.265 e. The maximum Gasteiger partial charge on any atom is 0.265 e. The molecule has 0 aliphatic rings. The second kappa shape index (κ2) is 5.18. The third-order valence-corrected chi connectivity index (χ3v) is 3.97. The Hall–Kier alpha value is -1.40. The van der Waals surface area contributed by atoms with E-state index in [9.17, 15) is 4.79 Å². The van der Waals surface area contributed by atoms with Gasteiger partial charge < -0.3 is 0 Å². The van der Waals surface area contributed by atoms with Crippen LogP contribution < -0.4 is 5.56 Å². The highest BCUT2D eigenvalue weighted by molar-refractivity contribution is 14.1. The quantitative estimate of drug-likeness (QED) is 0.584. The number of hydrogen-bond donors (Lipinski definition) is 0. The molecule has 0 saturated heterocycles. The summed E-state index contributed by atoms with van der Waals surface area (Å²) < 4.78 is 2.60. The molecule has 0 saturated carbocycles. The third-order valence-electron chi connectivity index (χ3n) is 3.06. The average molecular weight is 397 g/mol. The van der Waals surface area contributed by atoms with Crippen molar-refractivity contribution in [3.05, 3.63) is 67.2 Å². The van der Waals surface area contributed by atoms with E-state index < -0.39 is 0 Å². The molecular weight excluding hydrogens is 387 g/mol. The van der Waals surface area contributed by atoms with Crippen LogP contribution in [0.15, 0.2) is 47.3 Å². The summed E-state index contributed by atoms with van der Waals surface area (Å²) in [5, 5.41) is 1.21. The van der Waals surface area contributed by atoms with E-state index in [1.807, 2.05) is 37.3 Å². The minimum atomic E-state index is -0.0757. The van der Waals surface area contributed by atoms with E-state index >= 15 is 0 Å². The highest BCUT2D eigenvalue weighted by Crippen LogP contribution is 2.17. The third kappa shape index (κ3) is 2.33. The van der Waals surface area contributed by atoms with Crippen molar-refractivity contribution < 1.29 is 0 Å². The number of benzene rings is 2. The van der Waals surface area contributed by atoms with Crippen molar-refractivity contribution in [3.63, 3.8) is 0 Å². The number of rotatable bonds is 1. The Labute approximate surface area is 134 Å². The van der Waals surface area contributed by atoms with Gasteiger partial charge in [0.1, 0.15) is 5.82 Å². The van der Waals surface area contributed by atoms with Crippen molar-refractivity contribution in [2.45, 2.75) is 6.92 Å². The zero-order valence-electron chi connectivity index (χ0n) is 10.6. The Morgan fingerprint density at radius 1 is 1.20 bits per heavy atom. The fourth-order valence-electron chi connectivity index (χ4n) is 2.19. The van der Waals surface area contributed by atoms with Gasteiger partial charge in [0, 0.05) is 8.59 Å². The van der Waals surface area contributed by atoms with E-state index in [0.717, 1.165) is 9.26 Å². The Morgan fingerprint density at radius 3 is 2.75 bits per heavy atom. The Balaban J connectivity index is 2.39. The molecule has 0 spiro atoms. The van der Waals surface area contributed by atoms with E-state index in [4.69, 9.17) is 11.6 Å². The van der Waals surface area contributed by atoms with Crippen LogP contribution in [0.1, 0.15) is 5.82 Å². The first kappa shape index (κ1) is 13.6. The van der Waals surface area contributed by atoms with Gasteiger partial charge in [-0.2, -0.15) is 0 Å². The minimum Gasteiger partial charge on any atom is -0.268 e. The monoisotopic (exact) mass is 396 g/mol. The molecule has 1 aromatic heterocycles. The molecule has 0 fully saturated rings. The lowest BCUT2D eigenvalue weighted by Crippen LogP contribution is -2.22. The molecule has 0 unspecified atom stereocenters. The summed E-state index contributed by atoms with van der Waals surface area (Å²) >= 11 is 8.19. The van der Waals surface area contributed by atoms with Crippen LogP contribution in [0.5, 0.6) is 0 Å². The largest absolute Gasteiger partial charge is 0.268 e. The summed E-state index contributed by atoms with van der Waals surface area (Å²) in [6.45, 7) is 1.82. The van der Waals surface area contributed by atoms with E-state index in [2.05, 4.69) is 27.6 Å². The molecule has 3 nitrogen and oxygen atoms in total. The molecule has 3 aromatic rings. The van der Waals surface area contributed by atoms with Gasteiger partial charge in [0.15, 0.2) is 0 Å². The molecule has 0 aliphatic carbocycles. The van der Waals surface area contributed by atoms with Crippen molar-refractivity contribution in [2.75, 3.05) is 0 Å². The molecule has 0 amide bonds. The van der Waals surface area contributed by atoms with Crippen molar-refractivity contribution in [3.8, 4) is 5.69 Å². The lowest BCUT2D eigenvalue weighted by Gasteiger charge is -2.11. The zero-order valence-corrected chi connectivity index (χ0v) is 13.5. The second-order valence-electron chi connectivity index (χ2n) is 4.44. The highest BCUT2D eigenvalue weighted by atomic mass is 127. The van der Waals surface area contributed by atoms with Crippen LogP contribution >= 0.6 is 34.2 Å². The van der Waals surface area contributed by atoms with Gasteiger partial charge in [-0.05, 0) is 65.9 Å². The Kier molecular flexibility index (Phi) is 3.52. The normalized spacial score (nSPS) is 10.9. The molecule has 100 valence electrons. The van der Waals surface area contributed by atoms with Crippen molar-refractivity contribution in [1.82, 2.24) is 9.55 Å². The number of aromatic nitrogens is 2. The van der Waals surface area contributed by atoms with Crippen LogP contribution in [0, 0.1) is 10.5 Å². The lowest BCUT2D eigenvalue weighted by atomic mass is 10.2. The van der Waals surface area contributed by atoms with Crippen LogP contribution in [0.25, 0.3) is 16.6 Å². The van der Waals surface area contributed by atoms with Crippen molar-refractivity contribution >= 4 is 45.1 Å². The SMILES string of the molecule is Cc1nc2ccc(I)cc2c(=O)n1-c1cccc(Cl)c1. The number of hydrogen-bond acceptors (Lipinski definition) is 2. The maximum absolute atomic E-state index is 12.7. The van der Waals surface area contributed by atoms with Crippen molar-refractivity contribution in [2.24, 2.45) is 0 Å². The van der Waals surface area contributed by atoms with Gasteiger partial charge >= 0.3 is 0 Å².